The smallest absolute Gasteiger partial charge is 0.178 e. The summed E-state index contributed by atoms with van der Waals surface area (Å²) in [6.07, 6.45) is 6.76. The van der Waals surface area contributed by atoms with Gasteiger partial charge in [-0.15, -0.1) is 23.2 Å². The number of Topliss-reactive ketones (excluding diaryl/α,β-unsaturated/α-hetero) is 1. The number of fused-ring (bicyclic) bond motifs is 5. The van der Waals surface area contributed by atoms with Crippen LogP contribution in [-0.2, 0) is 9.59 Å². The van der Waals surface area contributed by atoms with Gasteiger partial charge in [-0.2, -0.15) is 0 Å². The van der Waals surface area contributed by atoms with Crippen molar-refractivity contribution in [1.82, 2.24) is 0 Å². The van der Waals surface area contributed by atoms with Gasteiger partial charge in [-0.1, -0.05) is 40.9 Å². The molecule has 0 aliphatic heterocycles. The molecular formula is C22H27BrCl2O3. The Hall–Kier alpha value is -0.160. The molecule has 1 unspecified atom stereocenters. The number of rotatable bonds is 2. The molecule has 0 heterocycles. The average Bonchev–Trinajstić information content (AvgIpc) is 2.89. The molecule has 154 valence electrons. The zero-order valence-corrected chi connectivity index (χ0v) is 19.6. The van der Waals surface area contributed by atoms with Crippen LogP contribution in [0.25, 0.3) is 0 Å². The zero-order chi connectivity index (χ0) is 20.7. The average molecular weight is 490 g/mol. The van der Waals surface area contributed by atoms with Crippen molar-refractivity contribution in [3.8, 4) is 0 Å². The molecule has 4 aliphatic rings. The number of halogens is 3. The van der Waals surface area contributed by atoms with Gasteiger partial charge in [-0.05, 0) is 63.0 Å². The van der Waals surface area contributed by atoms with Crippen LogP contribution in [0.4, 0.5) is 0 Å². The van der Waals surface area contributed by atoms with Gasteiger partial charge in [0.1, 0.15) is 5.60 Å². The lowest BCUT2D eigenvalue weighted by atomic mass is 9.45. The highest BCUT2D eigenvalue weighted by Crippen LogP contribution is 2.72. The fourth-order valence-electron chi connectivity index (χ4n) is 7.10. The van der Waals surface area contributed by atoms with Crippen molar-refractivity contribution in [2.45, 2.75) is 68.7 Å². The Morgan fingerprint density at radius 2 is 1.96 bits per heavy atom. The highest BCUT2D eigenvalue weighted by molar-refractivity contribution is 9.09. The first-order chi connectivity index (χ1) is 13.0. The number of alkyl halides is 3. The Kier molecular flexibility index (Phi) is 4.83. The van der Waals surface area contributed by atoms with E-state index in [1.54, 1.807) is 12.2 Å². The van der Waals surface area contributed by atoms with E-state index in [4.69, 9.17) is 23.2 Å². The van der Waals surface area contributed by atoms with Crippen molar-refractivity contribution in [2.75, 3.05) is 5.33 Å². The van der Waals surface area contributed by atoms with Gasteiger partial charge in [-0.3, -0.25) is 9.59 Å². The molecule has 3 nitrogen and oxygen atoms in total. The third-order valence-electron chi connectivity index (χ3n) is 8.84. The minimum Gasteiger partial charge on any atom is -0.381 e. The normalized spacial score (nSPS) is 50.2. The fourth-order valence-corrected chi connectivity index (χ4v) is 8.87. The Morgan fingerprint density at radius 1 is 1.29 bits per heavy atom. The van der Waals surface area contributed by atoms with Crippen molar-refractivity contribution in [3.05, 3.63) is 23.3 Å². The van der Waals surface area contributed by atoms with E-state index >= 15 is 0 Å². The fraction of sp³-hybridized carbons (Fsp3) is 0.727. The molecule has 0 aromatic heterocycles. The van der Waals surface area contributed by atoms with Gasteiger partial charge in [0.2, 0.25) is 0 Å². The van der Waals surface area contributed by atoms with E-state index in [9.17, 15) is 14.7 Å². The molecule has 7 atom stereocenters. The Bertz CT molecular complexity index is 823. The molecule has 0 aromatic carbocycles. The minimum absolute atomic E-state index is 0.0219. The molecule has 0 bridgehead atoms. The molecule has 6 heteroatoms. The summed E-state index contributed by atoms with van der Waals surface area (Å²) >= 11 is 17.8. The van der Waals surface area contributed by atoms with Crippen LogP contribution >= 0.6 is 39.1 Å². The lowest BCUT2D eigenvalue weighted by Gasteiger charge is -2.64. The second-order valence-corrected chi connectivity index (χ2v) is 11.3. The second kappa shape index (κ2) is 6.42. The predicted octanol–water partition coefficient (Wildman–Crippen LogP) is 4.96. The van der Waals surface area contributed by atoms with Crippen molar-refractivity contribution in [2.24, 2.45) is 22.7 Å². The van der Waals surface area contributed by atoms with Gasteiger partial charge in [0.25, 0.3) is 0 Å². The first-order valence-corrected chi connectivity index (χ1v) is 12.0. The van der Waals surface area contributed by atoms with Crippen molar-refractivity contribution in [3.63, 3.8) is 0 Å². The van der Waals surface area contributed by atoms with Gasteiger partial charge in [-0.25, -0.2) is 0 Å². The zero-order valence-electron chi connectivity index (χ0n) is 16.5. The Morgan fingerprint density at radius 3 is 2.61 bits per heavy atom. The lowest BCUT2D eigenvalue weighted by molar-refractivity contribution is -0.156. The minimum atomic E-state index is -1.36. The maximum Gasteiger partial charge on any atom is 0.178 e. The van der Waals surface area contributed by atoms with E-state index in [0.717, 1.165) is 30.4 Å². The third kappa shape index (κ3) is 2.27. The summed E-state index contributed by atoms with van der Waals surface area (Å²) in [7, 11) is 0. The van der Waals surface area contributed by atoms with E-state index < -0.39 is 26.7 Å². The Balaban J connectivity index is 1.84. The molecular weight excluding hydrogens is 463 g/mol. The standard InChI is InChI=1S/C22H27BrCl2O3/c1-12-8-14(26)9-13-4-5-16-15-6-7-21(28,18(27)11-23)19(15,2)10-17(24)22(16,25)20(12,13)3/h8-9,15-17,28H,4-7,10-11H2,1-3H3/t15-,16-,17?,19-,20-,21-,22-/m0/s1. The van der Waals surface area contributed by atoms with E-state index in [-0.39, 0.29) is 28.7 Å². The molecule has 4 aliphatic carbocycles. The highest BCUT2D eigenvalue weighted by atomic mass is 79.9. The van der Waals surface area contributed by atoms with Gasteiger partial charge < -0.3 is 5.11 Å². The number of allylic oxidation sites excluding steroid dienone is 4. The van der Waals surface area contributed by atoms with E-state index in [1.807, 2.05) is 13.8 Å². The summed E-state index contributed by atoms with van der Waals surface area (Å²) in [6, 6.07) is 0. The summed E-state index contributed by atoms with van der Waals surface area (Å²) < 4.78 is 0. The quantitative estimate of drug-likeness (QED) is 0.557. The molecule has 4 rings (SSSR count). The van der Waals surface area contributed by atoms with Crippen LogP contribution < -0.4 is 0 Å². The third-order valence-corrected chi connectivity index (χ3v) is 10.9. The summed E-state index contributed by atoms with van der Waals surface area (Å²) in [5.74, 6) is 0.0575. The number of aliphatic hydroxyl groups is 1. The monoisotopic (exact) mass is 488 g/mol. The van der Waals surface area contributed by atoms with Crippen LogP contribution in [0.2, 0.25) is 0 Å². The number of hydrogen-bond donors (Lipinski definition) is 1. The Labute approximate surface area is 185 Å². The SMILES string of the molecule is CC1=CC(=O)C=C2CC[C@H]3[C@@H]4CC[C@](O)(C(=O)CBr)[C@@]4(C)CC(Cl)[C@]3(Cl)[C@@]12C. The number of ketones is 2. The van der Waals surface area contributed by atoms with E-state index in [0.29, 0.717) is 12.8 Å². The maximum absolute atomic E-state index is 12.7. The first kappa shape index (κ1) is 21.1. The maximum atomic E-state index is 12.7. The second-order valence-electron chi connectivity index (χ2n) is 9.59. The molecule has 28 heavy (non-hydrogen) atoms. The molecule has 0 aromatic rings. The van der Waals surface area contributed by atoms with Crippen LogP contribution in [0, 0.1) is 22.7 Å². The van der Waals surface area contributed by atoms with Crippen LogP contribution in [0.5, 0.6) is 0 Å². The number of carbonyl (C=O) groups excluding carboxylic acids is 2. The molecule has 1 N–H and O–H groups in total. The van der Waals surface area contributed by atoms with Crippen LogP contribution in [0.15, 0.2) is 23.3 Å². The van der Waals surface area contributed by atoms with Crippen LogP contribution in [0.3, 0.4) is 0 Å². The van der Waals surface area contributed by atoms with E-state index in [2.05, 4.69) is 22.9 Å². The van der Waals surface area contributed by atoms with Crippen LogP contribution in [0.1, 0.15) is 52.9 Å². The highest BCUT2D eigenvalue weighted by Gasteiger charge is 2.73. The van der Waals surface area contributed by atoms with Gasteiger partial charge >= 0.3 is 0 Å². The van der Waals surface area contributed by atoms with Crippen molar-refractivity contribution in [1.29, 1.82) is 0 Å². The van der Waals surface area contributed by atoms with Crippen molar-refractivity contribution >= 4 is 50.7 Å². The van der Waals surface area contributed by atoms with Gasteiger partial charge in [0.15, 0.2) is 11.6 Å². The van der Waals surface area contributed by atoms with Crippen LogP contribution in [-0.4, -0.2) is 37.9 Å². The summed E-state index contributed by atoms with van der Waals surface area (Å²) in [5.41, 5.74) is -0.403. The molecule has 0 saturated heterocycles. The summed E-state index contributed by atoms with van der Waals surface area (Å²) in [4.78, 5) is 24.1. The van der Waals surface area contributed by atoms with E-state index in [1.165, 1.54) is 0 Å². The summed E-state index contributed by atoms with van der Waals surface area (Å²) in [6.45, 7) is 6.13. The lowest BCUT2D eigenvalue weighted by Crippen LogP contribution is -2.68. The molecule has 0 amide bonds. The molecule has 3 fully saturated rings. The molecule has 0 spiro atoms. The van der Waals surface area contributed by atoms with Crippen molar-refractivity contribution < 1.29 is 14.7 Å². The number of carbonyl (C=O) groups is 2. The number of hydrogen-bond acceptors (Lipinski definition) is 3. The summed E-state index contributed by atoms with van der Waals surface area (Å²) in [5, 5.41) is 11.2. The topological polar surface area (TPSA) is 54.4 Å². The van der Waals surface area contributed by atoms with Gasteiger partial charge in [0, 0.05) is 10.8 Å². The van der Waals surface area contributed by atoms with Gasteiger partial charge in [0.05, 0.1) is 15.6 Å². The largest absolute Gasteiger partial charge is 0.381 e. The molecule has 3 saturated carbocycles. The molecule has 0 radical (unpaired) electrons. The first-order valence-electron chi connectivity index (χ1n) is 10.0. The predicted molar refractivity (Wildman–Crippen MR) is 115 cm³/mol.